The highest BCUT2D eigenvalue weighted by molar-refractivity contribution is 5.79. The maximum Gasteiger partial charge on any atom is 0.226 e. The Kier molecular flexibility index (Phi) is 6.61. The number of nitrogens with zero attached hydrogens (tertiary/aromatic N) is 1. The van der Waals surface area contributed by atoms with Gasteiger partial charge in [0.05, 0.1) is 6.10 Å². The number of benzene rings is 1. The Morgan fingerprint density at radius 3 is 1.82 bits per heavy atom. The van der Waals surface area contributed by atoms with Crippen LogP contribution in [0.25, 0.3) is 0 Å². The lowest BCUT2D eigenvalue weighted by atomic mass is 9.85. The predicted octanol–water partition coefficient (Wildman–Crippen LogP) is 3.95. The molecule has 0 aromatic heterocycles. The first-order chi connectivity index (χ1) is 10.2. The minimum Gasteiger partial charge on any atom is -0.388 e. The predicted molar refractivity (Wildman–Crippen MR) is 91.6 cm³/mol. The van der Waals surface area contributed by atoms with Crippen molar-refractivity contribution in [1.82, 2.24) is 4.90 Å². The maximum absolute atomic E-state index is 12.8. The molecular formula is C19H31NO2. The Balaban J connectivity index is 2.88. The Labute approximate surface area is 135 Å². The van der Waals surface area contributed by atoms with Gasteiger partial charge in [0.1, 0.15) is 0 Å². The molecule has 22 heavy (non-hydrogen) atoms. The topological polar surface area (TPSA) is 40.5 Å². The summed E-state index contributed by atoms with van der Waals surface area (Å²) in [5.41, 5.74) is 2.04. The number of amides is 1. The van der Waals surface area contributed by atoms with E-state index in [1.54, 1.807) is 0 Å². The van der Waals surface area contributed by atoms with Gasteiger partial charge in [-0.25, -0.2) is 0 Å². The summed E-state index contributed by atoms with van der Waals surface area (Å²) in [7, 11) is 0. The molecule has 0 fully saturated rings. The van der Waals surface area contributed by atoms with Crippen molar-refractivity contribution in [2.24, 2.45) is 11.8 Å². The summed E-state index contributed by atoms with van der Waals surface area (Å²) in [6, 6.07) is 8.20. The van der Waals surface area contributed by atoms with Gasteiger partial charge in [0.2, 0.25) is 5.91 Å². The molecule has 1 aromatic rings. The van der Waals surface area contributed by atoms with Gasteiger partial charge < -0.3 is 10.0 Å². The van der Waals surface area contributed by atoms with Gasteiger partial charge in [0.15, 0.2) is 0 Å². The van der Waals surface area contributed by atoms with Crippen molar-refractivity contribution in [3.05, 3.63) is 35.4 Å². The van der Waals surface area contributed by atoms with Crippen LogP contribution in [0.2, 0.25) is 0 Å². The lowest BCUT2D eigenvalue weighted by molar-refractivity contribution is -0.141. The summed E-state index contributed by atoms with van der Waals surface area (Å²) in [6.45, 7) is 14.0. The number of rotatable bonds is 6. The molecule has 0 spiro atoms. The van der Waals surface area contributed by atoms with Crippen LogP contribution in [-0.4, -0.2) is 28.0 Å². The van der Waals surface area contributed by atoms with Crippen molar-refractivity contribution in [3.8, 4) is 0 Å². The molecule has 124 valence electrons. The first kappa shape index (κ1) is 18.7. The monoisotopic (exact) mass is 305 g/mol. The largest absolute Gasteiger partial charge is 0.388 e. The molecular weight excluding hydrogens is 274 g/mol. The van der Waals surface area contributed by atoms with E-state index in [9.17, 15) is 9.90 Å². The number of aliphatic hydroxyl groups excluding tert-OH is 1. The molecule has 0 aliphatic carbocycles. The first-order valence-electron chi connectivity index (χ1n) is 8.23. The van der Waals surface area contributed by atoms with E-state index in [4.69, 9.17) is 0 Å². The van der Waals surface area contributed by atoms with Crippen molar-refractivity contribution >= 4 is 5.91 Å². The van der Waals surface area contributed by atoms with Crippen LogP contribution in [0.4, 0.5) is 0 Å². The molecule has 0 saturated carbocycles. The van der Waals surface area contributed by atoms with Crippen LogP contribution in [0.15, 0.2) is 24.3 Å². The van der Waals surface area contributed by atoms with Gasteiger partial charge in [-0.15, -0.1) is 0 Å². The van der Waals surface area contributed by atoms with E-state index in [1.807, 2.05) is 77.6 Å². The van der Waals surface area contributed by atoms with Crippen molar-refractivity contribution in [3.63, 3.8) is 0 Å². The number of aliphatic hydroxyl groups is 1. The number of carbonyl (C=O) groups is 1. The zero-order chi connectivity index (χ0) is 17.0. The Bertz CT molecular complexity index is 471. The Morgan fingerprint density at radius 2 is 1.41 bits per heavy atom. The molecule has 0 radical (unpaired) electrons. The van der Waals surface area contributed by atoms with Gasteiger partial charge >= 0.3 is 0 Å². The maximum atomic E-state index is 12.8. The molecule has 0 unspecified atom stereocenters. The second kappa shape index (κ2) is 7.77. The molecule has 3 nitrogen and oxygen atoms in total. The van der Waals surface area contributed by atoms with Crippen molar-refractivity contribution in [2.75, 3.05) is 0 Å². The fourth-order valence-electron chi connectivity index (χ4n) is 2.91. The van der Waals surface area contributed by atoms with E-state index >= 15 is 0 Å². The molecule has 3 heteroatoms. The minimum absolute atomic E-state index is 0.115. The van der Waals surface area contributed by atoms with Gasteiger partial charge in [-0.05, 0) is 46.1 Å². The van der Waals surface area contributed by atoms with Crippen LogP contribution in [0.1, 0.15) is 58.8 Å². The molecule has 1 amide bonds. The average molecular weight is 305 g/mol. The van der Waals surface area contributed by atoms with Gasteiger partial charge in [0.25, 0.3) is 0 Å². The second-order valence-corrected chi connectivity index (χ2v) is 6.94. The van der Waals surface area contributed by atoms with Crippen LogP contribution in [-0.2, 0) is 4.79 Å². The standard InChI is InChI=1S/C19H31NO2/c1-12(2)20(13(3)4)19(22)16(7)15(6)18(21)17-10-8-14(5)9-11-17/h8-13,15-16,18,21H,1-7H3/t15-,16-,18-/m1/s1. The number of carbonyl (C=O) groups excluding carboxylic acids is 1. The molecule has 0 aliphatic heterocycles. The smallest absolute Gasteiger partial charge is 0.226 e. The van der Waals surface area contributed by atoms with Crippen molar-refractivity contribution in [1.29, 1.82) is 0 Å². The highest BCUT2D eigenvalue weighted by Gasteiger charge is 2.32. The third-order valence-electron chi connectivity index (χ3n) is 4.46. The lowest BCUT2D eigenvalue weighted by Crippen LogP contribution is -2.46. The quantitative estimate of drug-likeness (QED) is 0.864. The zero-order valence-electron chi connectivity index (χ0n) is 15.0. The Morgan fingerprint density at radius 1 is 0.955 bits per heavy atom. The summed E-state index contributed by atoms with van der Waals surface area (Å²) < 4.78 is 0. The first-order valence-corrected chi connectivity index (χ1v) is 8.23. The third kappa shape index (κ3) is 4.33. The van der Waals surface area contributed by atoms with Crippen LogP contribution in [0.3, 0.4) is 0 Å². The molecule has 3 atom stereocenters. The average Bonchev–Trinajstić information content (AvgIpc) is 2.44. The van der Waals surface area contributed by atoms with Crippen LogP contribution < -0.4 is 0 Å². The van der Waals surface area contributed by atoms with Crippen molar-refractivity contribution in [2.45, 2.75) is 66.7 Å². The number of aryl methyl sites for hydroxylation is 1. The normalized spacial score (nSPS) is 15.7. The SMILES string of the molecule is Cc1ccc([C@H](O)[C@H](C)[C@@H](C)C(=O)N(C(C)C)C(C)C)cc1. The fourth-order valence-corrected chi connectivity index (χ4v) is 2.91. The van der Waals surface area contributed by atoms with Gasteiger partial charge in [-0.1, -0.05) is 43.7 Å². The summed E-state index contributed by atoms with van der Waals surface area (Å²) in [5.74, 6) is -0.236. The van der Waals surface area contributed by atoms with Crippen molar-refractivity contribution < 1.29 is 9.90 Å². The molecule has 0 aliphatic rings. The highest BCUT2D eigenvalue weighted by Crippen LogP contribution is 2.30. The third-order valence-corrected chi connectivity index (χ3v) is 4.46. The van der Waals surface area contributed by atoms with Crippen LogP contribution in [0.5, 0.6) is 0 Å². The summed E-state index contributed by atoms with van der Waals surface area (Å²) in [6.07, 6.45) is -0.624. The van der Waals surface area contributed by atoms with E-state index in [0.717, 1.165) is 5.56 Å². The lowest BCUT2D eigenvalue weighted by Gasteiger charge is -2.35. The number of hydrogen-bond acceptors (Lipinski definition) is 2. The summed E-state index contributed by atoms with van der Waals surface area (Å²) in [5, 5.41) is 10.6. The zero-order valence-corrected chi connectivity index (χ0v) is 15.0. The van der Waals surface area contributed by atoms with Gasteiger partial charge in [-0.3, -0.25) is 4.79 Å². The van der Waals surface area contributed by atoms with E-state index < -0.39 is 6.10 Å². The molecule has 0 heterocycles. The highest BCUT2D eigenvalue weighted by atomic mass is 16.3. The van der Waals surface area contributed by atoms with Gasteiger partial charge in [0, 0.05) is 18.0 Å². The number of hydrogen-bond donors (Lipinski definition) is 1. The van der Waals surface area contributed by atoms with E-state index in [2.05, 4.69) is 0 Å². The van der Waals surface area contributed by atoms with Crippen LogP contribution >= 0.6 is 0 Å². The summed E-state index contributed by atoms with van der Waals surface area (Å²) in [4.78, 5) is 14.7. The van der Waals surface area contributed by atoms with Crippen LogP contribution in [0, 0.1) is 18.8 Å². The van der Waals surface area contributed by atoms with E-state index in [1.165, 1.54) is 5.56 Å². The second-order valence-electron chi connectivity index (χ2n) is 6.94. The molecule has 0 bridgehead atoms. The Hall–Kier alpha value is -1.35. The molecule has 1 rings (SSSR count). The summed E-state index contributed by atoms with van der Waals surface area (Å²) >= 11 is 0. The minimum atomic E-state index is -0.624. The molecule has 0 saturated heterocycles. The molecule has 1 N–H and O–H groups in total. The van der Waals surface area contributed by atoms with E-state index in [-0.39, 0.29) is 29.8 Å². The van der Waals surface area contributed by atoms with E-state index in [0.29, 0.717) is 0 Å². The van der Waals surface area contributed by atoms with Gasteiger partial charge in [-0.2, -0.15) is 0 Å². The molecule has 1 aromatic carbocycles. The fraction of sp³-hybridized carbons (Fsp3) is 0.632.